The number of tetrazole rings is 1. The summed E-state index contributed by atoms with van der Waals surface area (Å²) in [5, 5.41) is 15.3. The molecule has 0 spiro atoms. The molecule has 2 aromatic rings. The fourth-order valence-electron chi connectivity index (χ4n) is 3.25. The molecule has 24 heavy (non-hydrogen) atoms. The van der Waals surface area contributed by atoms with Gasteiger partial charge in [-0.1, -0.05) is 24.6 Å². The predicted octanol–water partition coefficient (Wildman–Crippen LogP) is 2.73. The summed E-state index contributed by atoms with van der Waals surface area (Å²) in [4.78, 5) is 11.9. The fraction of sp³-hybridized carbons (Fsp3) is 0.529. The first-order chi connectivity index (χ1) is 11.5. The Labute approximate surface area is 141 Å². The van der Waals surface area contributed by atoms with E-state index < -0.39 is 11.6 Å². The summed E-state index contributed by atoms with van der Waals surface area (Å²) in [5.41, 5.74) is 1.45. The SMILES string of the molecule is COC(=O)NC1(c2nnnn2-c2ccc(C)cc2)CCC(C)CC1. The number of carbonyl (C=O) groups excluding carboxylic acids is 1. The first-order valence-corrected chi connectivity index (χ1v) is 8.26. The largest absolute Gasteiger partial charge is 0.453 e. The normalized spacial score (nSPS) is 23.7. The van der Waals surface area contributed by atoms with Crippen LogP contribution in [0.1, 0.15) is 44.0 Å². The highest BCUT2D eigenvalue weighted by Gasteiger charge is 2.42. The standard InChI is InChI=1S/C17H23N5O2/c1-12-4-6-14(7-5-12)22-15(19-20-21-22)17(18-16(23)24-3)10-8-13(2)9-11-17/h4-7,13H,8-11H2,1-3H3,(H,18,23). The van der Waals surface area contributed by atoms with E-state index in [0.717, 1.165) is 31.4 Å². The van der Waals surface area contributed by atoms with E-state index in [1.165, 1.54) is 12.7 Å². The van der Waals surface area contributed by atoms with Crippen LogP contribution in [0.5, 0.6) is 0 Å². The minimum atomic E-state index is -0.603. The number of alkyl carbamates (subject to hydrolysis) is 1. The molecule has 1 aliphatic rings. The first kappa shape index (κ1) is 16.4. The Morgan fingerprint density at radius 3 is 2.58 bits per heavy atom. The minimum absolute atomic E-state index is 0.456. The van der Waals surface area contributed by atoms with Crippen LogP contribution in [0, 0.1) is 12.8 Å². The number of methoxy groups -OCH3 is 1. The molecule has 0 aliphatic heterocycles. The first-order valence-electron chi connectivity index (χ1n) is 8.26. The Bertz CT molecular complexity index is 702. The van der Waals surface area contributed by atoms with Gasteiger partial charge in [-0.2, -0.15) is 4.68 Å². The number of ether oxygens (including phenoxy) is 1. The van der Waals surface area contributed by atoms with Crippen LogP contribution < -0.4 is 5.32 Å². The van der Waals surface area contributed by atoms with Crippen molar-refractivity contribution in [2.24, 2.45) is 5.92 Å². The van der Waals surface area contributed by atoms with Crippen molar-refractivity contribution in [1.29, 1.82) is 0 Å². The summed E-state index contributed by atoms with van der Waals surface area (Å²) >= 11 is 0. The third kappa shape index (κ3) is 3.11. The lowest BCUT2D eigenvalue weighted by Gasteiger charge is -2.38. The van der Waals surface area contributed by atoms with Crippen LogP contribution in [0.25, 0.3) is 5.69 Å². The second kappa shape index (κ2) is 6.59. The summed E-state index contributed by atoms with van der Waals surface area (Å²) < 4.78 is 6.55. The van der Waals surface area contributed by atoms with Crippen molar-refractivity contribution in [2.75, 3.05) is 7.11 Å². The Hall–Kier alpha value is -2.44. The summed E-state index contributed by atoms with van der Waals surface area (Å²) in [6.07, 6.45) is 3.13. The molecule has 0 bridgehead atoms. The van der Waals surface area contributed by atoms with Gasteiger partial charge in [-0.3, -0.25) is 0 Å². The molecule has 3 rings (SSSR count). The number of aryl methyl sites for hydroxylation is 1. The van der Waals surface area contributed by atoms with E-state index in [-0.39, 0.29) is 0 Å². The van der Waals surface area contributed by atoms with Crippen molar-refractivity contribution in [3.05, 3.63) is 35.7 Å². The zero-order chi connectivity index (χ0) is 17.2. The lowest BCUT2D eigenvalue weighted by molar-refractivity contribution is 0.130. The summed E-state index contributed by atoms with van der Waals surface area (Å²) in [7, 11) is 1.37. The third-order valence-corrected chi connectivity index (χ3v) is 4.83. The van der Waals surface area contributed by atoms with Gasteiger partial charge < -0.3 is 10.1 Å². The van der Waals surface area contributed by atoms with Crippen molar-refractivity contribution in [1.82, 2.24) is 25.5 Å². The number of amides is 1. The highest BCUT2D eigenvalue weighted by Crippen LogP contribution is 2.39. The second-order valence-corrected chi connectivity index (χ2v) is 6.63. The van der Waals surface area contributed by atoms with Gasteiger partial charge in [-0.05, 0) is 61.1 Å². The van der Waals surface area contributed by atoms with Gasteiger partial charge in [0.05, 0.1) is 12.8 Å². The molecule has 1 saturated carbocycles. The van der Waals surface area contributed by atoms with Crippen LogP contribution in [0.15, 0.2) is 24.3 Å². The quantitative estimate of drug-likeness (QED) is 0.936. The minimum Gasteiger partial charge on any atom is -0.453 e. The average Bonchev–Trinajstić information content (AvgIpc) is 3.08. The molecule has 1 aromatic heterocycles. The van der Waals surface area contributed by atoms with Gasteiger partial charge in [0.15, 0.2) is 5.82 Å². The van der Waals surface area contributed by atoms with Crippen molar-refractivity contribution in [2.45, 2.75) is 45.1 Å². The van der Waals surface area contributed by atoms with Crippen LogP contribution in [0.3, 0.4) is 0 Å². The molecule has 0 atom stereocenters. The summed E-state index contributed by atoms with van der Waals surface area (Å²) in [6.45, 7) is 4.26. The lowest BCUT2D eigenvalue weighted by atomic mass is 9.76. The molecule has 1 N–H and O–H groups in total. The van der Waals surface area contributed by atoms with Gasteiger partial charge in [0.1, 0.15) is 5.54 Å². The number of rotatable bonds is 3. The van der Waals surface area contributed by atoms with E-state index in [1.807, 2.05) is 31.2 Å². The highest BCUT2D eigenvalue weighted by atomic mass is 16.5. The molecule has 7 nitrogen and oxygen atoms in total. The van der Waals surface area contributed by atoms with E-state index in [2.05, 4.69) is 27.8 Å². The molecule has 1 heterocycles. The van der Waals surface area contributed by atoms with Crippen molar-refractivity contribution >= 4 is 6.09 Å². The summed E-state index contributed by atoms with van der Waals surface area (Å²) in [6, 6.07) is 7.99. The maximum atomic E-state index is 11.9. The van der Waals surface area contributed by atoms with Crippen molar-refractivity contribution in [3.63, 3.8) is 0 Å². The molecule has 7 heteroatoms. The van der Waals surface area contributed by atoms with Crippen LogP contribution in [-0.2, 0) is 10.3 Å². The Morgan fingerprint density at radius 1 is 1.29 bits per heavy atom. The van der Waals surface area contributed by atoms with E-state index in [9.17, 15) is 4.79 Å². The number of hydrogen-bond donors (Lipinski definition) is 1. The number of hydrogen-bond acceptors (Lipinski definition) is 5. The molecule has 1 aromatic carbocycles. The number of nitrogens with one attached hydrogen (secondary N) is 1. The molecule has 0 radical (unpaired) electrons. The van der Waals surface area contributed by atoms with E-state index in [0.29, 0.717) is 11.7 Å². The molecule has 1 fully saturated rings. The van der Waals surface area contributed by atoms with Crippen LogP contribution in [-0.4, -0.2) is 33.4 Å². The van der Waals surface area contributed by atoms with Crippen LogP contribution in [0.4, 0.5) is 4.79 Å². The zero-order valence-corrected chi connectivity index (χ0v) is 14.3. The number of nitrogens with zero attached hydrogens (tertiary/aromatic N) is 4. The van der Waals surface area contributed by atoms with E-state index >= 15 is 0 Å². The molecule has 0 unspecified atom stereocenters. The smallest absolute Gasteiger partial charge is 0.407 e. The van der Waals surface area contributed by atoms with E-state index in [4.69, 9.17) is 4.74 Å². The molecule has 1 aliphatic carbocycles. The number of carbonyl (C=O) groups is 1. The van der Waals surface area contributed by atoms with Gasteiger partial charge in [-0.25, -0.2) is 4.79 Å². The molecular formula is C17H23N5O2. The Kier molecular flexibility index (Phi) is 4.51. The van der Waals surface area contributed by atoms with Crippen LogP contribution >= 0.6 is 0 Å². The molecule has 0 saturated heterocycles. The Morgan fingerprint density at radius 2 is 1.96 bits per heavy atom. The van der Waals surface area contributed by atoms with Gasteiger partial charge in [-0.15, -0.1) is 5.10 Å². The van der Waals surface area contributed by atoms with E-state index in [1.54, 1.807) is 4.68 Å². The number of benzene rings is 1. The van der Waals surface area contributed by atoms with Gasteiger partial charge in [0.25, 0.3) is 0 Å². The van der Waals surface area contributed by atoms with Gasteiger partial charge in [0, 0.05) is 0 Å². The summed E-state index contributed by atoms with van der Waals surface area (Å²) in [5.74, 6) is 1.28. The zero-order valence-electron chi connectivity index (χ0n) is 14.3. The lowest BCUT2D eigenvalue weighted by Crippen LogP contribution is -2.49. The highest BCUT2D eigenvalue weighted by molar-refractivity contribution is 5.68. The molecular weight excluding hydrogens is 306 g/mol. The van der Waals surface area contributed by atoms with Crippen molar-refractivity contribution in [3.8, 4) is 5.69 Å². The maximum absolute atomic E-state index is 11.9. The number of aromatic nitrogens is 4. The Balaban J connectivity index is 2.01. The topological polar surface area (TPSA) is 81.9 Å². The average molecular weight is 329 g/mol. The maximum Gasteiger partial charge on any atom is 0.407 e. The monoisotopic (exact) mass is 329 g/mol. The third-order valence-electron chi connectivity index (χ3n) is 4.83. The molecule has 1 amide bonds. The predicted molar refractivity (Wildman–Crippen MR) is 88.7 cm³/mol. The van der Waals surface area contributed by atoms with Gasteiger partial charge in [0.2, 0.25) is 0 Å². The second-order valence-electron chi connectivity index (χ2n) is 6.63. The van der Waals surface area contributed by atoms with Crippen molar-refractivity contribution < 1.29 is 9.53 Å². The fourth-order valence-corrected chi connectivity index (χ4v) is 3.25. The van der Waals surface area contributed by atoms with Crippen LogP contribution in [0.2, 0.25) is 0 Å². The van der Waals surface area contributed by atoms with Gasteiger partial charge >= 0.3 is 6.09 Å². The molecule has 128 valence electrons.